The molecule has 2 N–H and O–H groups in total. The smallest absolute Gasteiger partial charge is 0.475 e. The van der Waals surface area contributed by atoms with Gasteiger partial charge in [-0.15, -0.1) is 0 Å². The number of carbonyl (C=O) groups is 3. The number of pyridine rings is 1. The van der Waals surface area contributed by atoms with E-state index in [0.717, 1.165) is 38.4 Å². The molecule has 1 aromatic heterocycles. The lowest BCUT2D eigenvalue weighted by Gasteiger charge is -2.39. The van der Waals surface area contributed by atoms with E-state index < -0.39 is 24.3 Å². The maximum Gasteiger partial charge on any atom is 0.490 e. The lowest BCUT2D eigenvalue weighted by atomic mass is 9.78. The van der Waals surface area contributed by atoms with Crippen LogP contribution in [0.5, 0.6) is 0 Å². The van der Waals surface area contributed by atoms with Gasteiger partial charge in [0, 0.05) is 33.4 Å². The van der Waals surface area contributed by atoms with E-state index in [4.69, 9.17) is 19.8 Å². The van der Waals surface area contributed by atoms with Gasteiger partial charge in [-0.25, -0.2) is 9.59 Å². The van der Waals surface area contributed by atoms with Gasteiger partial charge in [0.15, 0.2) is 0 Å². The summed E-state index contributed by atoms with van der Waals surface area (Å²) in [7, 11) is 3.68. The van der Waals surface area contributed by atoms with Crippen LogP contribution >= 0.6 is 0 Å². The molecule has 0 saturated carbocycles. The molecule has 1 amide bonds. The molecule has 37 heavy (non-hydrogen) atoms. The van der Waals surface area contributed by atoms with E-state index in [9.17, 15) is 31.1 Å². The zero-order valence-corrected chi connectivity index (χ0v) is 20.3. The second-order valence-electron chi connectivity index (χ2n) is 8.95. The number of hydrogen-bond acceptors (Lipinski definition) is 6. The zero-order chi connectivity index (χ0) is 28.4. The van der Waals surface area contributed by atoms with Crippen LogP contribution in [0.25, 0.3) is 0 Å². The van der Waals surface area contributed by atoms with Gasteiger partial charge >= 0.3 is 24.3 Å². The average Bonchev–Trinajstić information content (AvgIpc) is 3.17. The maximum atomic E-state index is 11.9. The summed E-state index contributed by atoms with van der Waals surface area (Å²) in [5, 5.41) is 14.2. The number of likely N-dealkylation sites (tertiary alicyclic amines) is 2. The summed E-state index contributed by atoms with van der Waals surface area (Å²) < 4.78 is 63.5. The van der Waals surface area contributed by atoms with Gasteiger partial charge in [0.1, 0.15) is 0 Å². The Kier molecular flexibility index (Phi) is 11.8. The molecule has 2 aliphatic heterocycles. The van der Waals surface area contributed by atoms with Gasteiger partial charge in [0.2, 0.25) is 5.91 Å². The highest BCUT2D eigenvalue weighted by Gasteiger charge is 2.41. The third kappa shape index (κ3) is 11.8. The molecule has 3 rings (SSSR count). The number of hydrogen-bond donors (Lipinski definition) is 2. The number of aliphatic carboxylic acids is 2. The molecule has 0 atom stereocenters. The fourth-order valence-electron chi connectivity index (χ4n) is 3.81. The standard InChI is InChI=1S/C18H28N4O.2C2HF3O2/c1-20(2)17(23)14-22-12-8-18(15-22)6-10-21(11-7-18)13-16-5-3-4-9-19-16;2*3-2(4,5)1(6)7/h3-5,9H,6-8,10-15H2,1-2H3;2*(H,6,7). The van der Waals surface area contributed by atoms with E-state index in [-0.39, 0.29) is 5.91 Å². The summed E-state index contributed by atoms with van der Waals surface area (Å²) in [6.07, 6.45) is -4.57. The molecular weight excluding hydrogens is 514 g/mol. The predicted octanol–water partition coefficient (Wildman–Crippen LogP) is 2.72. The Morgan fingerprint density at radius 3 is 1.76 bits per heavy atom. The van der Waals surface area contributed by atoms with Crippen LogP contribution in [0, 0.1) is 5.41 Å². The van der Waals surface area contributed by atoms with Gasteiger partial charge < -0.3 is 15.1 Å². The van der Waals surface area contributed by atoms with Crippen molar-refractivity contribution in [1.82, 2.24) is 19.7 Å². The Hall–Kier alpha value is -2.94. The SMILES string of the molecule is CN(C)C(=O)CN1CCC2(CCN(Cc3ccccn3)CC2)C1.O=C(O)C(F)(F)F.O=C(O)C(F)(F)F. The fraction of sp³-hybridized carbons (Fsp3) is 0.636. The second-order valence-corrected chi connectivity index (χ2v) is 8.95. The minimum atomic E-state index is -5.08. The van der Waals surface area contributed by atoms with Gasteiger partial charge in [0.25, 0.3) is 0 Å². The van der Waals surface area contributed by atoms with Crippen LogP contribution in [0.2, 0.25) is 0 Å². The summed E-state index contributed by atoms with van der Waals surface area (Å²) >= 11 is 0. The first kappa shape index (κ1) is 32.1. The number of alkyl halides is 6. The number of halogens is 6. The molecule has 0 unspecified atom stereocenters. The molecule has 3 heterocycles. The molecule has 2 fully saturated rings. The van der Waals surface area contributed by atoms with E-state index in [1.54, 1.807) is 4.90 Å². The van der Waals surface area contributed by atoms with Crippen molar-refractivity contribution in [3.8, 4) is 0 Å². The molecule has 0 radical (unpaired) electrons. The number of piperidine rings is 1. The summed E-state index contributed by atoms with van der Waals surface area (Å²) in [6.45, 7) is 5.98. The van der Waals surface area contributed by atoms with E-state index in [1.165, 1.54) is 19.3 Å². The maximum absolute atomic E-state index is 11.9. The summed E-state index contributed by atoms with van der Waals surface area (Å²) in [5.41, 5.74) is 1.60. The van der Waals surface area contributed by atoms with E-state index in [2.05, 4.69) is 26.9 Å². The van der Waals surface area contributed by atoms with Gasteiger partial charge in [-0.1, -0.05) is 6.07 Å². The lowest BCUT2D eigenvalue weighted by molar-refractivity contribution is -0.193. The van der Waals surface area contributed by atoms with Crippen molar-refractivity contribution in [3.05, 3.63) is 30.1 Å². The number of carboxylic acid groups (broad SMARTS) is 2. The minimum Gasteiger partial charge on any atom is -0.475 e. The van der Waals surface area contributed by atoms with Crippen LogP contribution in [0.1, 0.15) is 25.0 Å². The van der Waals surface area contributed by atoms with Gasteiger partial charge in [0.05, 0.1) is 12.2 Å². The van der Waals surface area contributed by atoms with E-state index >= 15 is 0 Å². The highest BCUT2D eigenvalue weighted by molar-refractivity contribution is 5.77. The first-order valence-corrected chi connectivity index (χ1v) is 11.1. The average molecular weight is 544 g/mol. The quantitative estimate of drug-likeness (QED) is 0.557. The molecule has 9 nitrogen and oxygen atoms in total. The normalized spacial score (nSPS) is 17.7. The molecule has 0 aliphatic carbocycles. The van der Waals surface area contributed by atoms with Gasteiger partial charge in [-0.05, 0) is 56.4 Å². The second kappa shape index (κ2) is 13.6. The molecule has 2 saturated heterocycles. The number of carbonyl (C=O) groups excluding carboxylic acids is 1. The molecule has 15 heteroatoms. The minimum absolute atomic E-state index is 0.217. The van der Waals surface area contributed by atoms with Gasteiger partial charge in [-0.3, -0.25) is 19.6 Å². The number of carboxylic acids is 2. The number of rotatable bonds is 4. The fourth-order valence-corrected chi connectivity index (χ4v) is 3.81. The molecule has 0 aromatic carbocycles. The highest BCUT2D eigenvalue weighted by atomic mass is 19.4. The first-order chi connectivity index (χ1) is 16.9. The summed E-state index contributed by atoms with van der Waals surface area (Å²) in [6, 6.07) is 6.13. The largest absolute Gasteiger partial charge is 0.490 e. The number of likely N-dealkylation sites (N-methyl/N-ethyl adjacent to an activating group) is 1. The number of aromatic nitrogens is 1. The van der Waals surface area contributed by atoms with E-state index in [0.29, 0.717) is 12.0 Å². The van der Waals surface area contributed by atoms with E-state index in [1.807, 2.05) is 26.4 Å². The summed E-state index contributed by atoms with van der Waals surface area (Å²) in [4.78, 5) is 40.7. The Labute approximate surface area is 209 Å². The zero-order valence-electron chi connectivity index (χ0n) is 20.3. The van der Waals surface area contributed by atoms with Crippen molar-refractivity contribution >= 4 is 17.8 Å². The Balaban J connectivity index is 0.000000404. The highest BCUT2D eigenvalue weighted by Crippen LogP contribution is 2.40. The van der Waals surface area contributed by atoms with Crippen molar-refractivity contribution in [2.45, 2.75) is 38.2 Å². The van der Waals surface area contributed by atoms with Crippen LogP contribution in [0.3, 0.4) is 0 Å². The van der Waals surface area contributed by atoms with Crippen LogP contribution < -0.4 is 0 Å². The molecule has 210 valence electrons. The van der Waals surface area contributed by atoms with Crippen molar-refractivity contribution in [2.75, 3.05) is 46.8 Å². The monoisotopic (exact) mass is 544 g/mol. The van der Waals surface area contributed by atoms with Crippen molar-refractivity contribution in [2.24, 2.45) is 5.41 Å². The number of nitrogens with zero attached hydrogens (tertiary/aromatic N) is 4. The van der Waals surface area contributed by atoms with Crippen LogP contribution in [0.4, 0.5) is 26.3 Å². The van der Waals surface area contributed by atoms with Crippen molar-refractivity contribution in [3.63, 3.8) is 0 Å². The predicted molar refractivity (Wildman–Crippen MR) is 118 cm³/mol. The third-order valence-electron chi connectivity index (χ3n) is 5.89. The van der Waals surface area contributed by atoms with Crippen LogP contribution in [-0.2, 0) is 20.9 Å². The molecule has 1 spiro atoms. The lowest BCUT2D eigenvalue weighted by Crippen LogP contribution is -2.42. The van der Waals surface area contributed by atoms with Crippen molar-refractivity contribution < 1.29 is 50.9 Å². The molecule has 2 aliphatic rings. The summed E-state index contributed by atoms with van der Waals surface area (Å²) in [5.74, 6) is -5.30. The first-order valence-electron chi connectivity index (χ1n) is 11.1. The van der Waals surface area contributed by atoms with Crippen LogP contribution in [0.15, 0.2) is 24.4 Å². The number of amides is 1. The van der Waals surface area contributed by atoms with Crippen molar-refractivity contribution in [1.29, 1.82) is 0 Å². The molecule has 1 aromatic rings. The van der Waals surface area contributed by atoms with Gasteiger partial charge in [-0.2, -0.15) is 26.3 Å². The third-order valence-corrected chi connectivity index (χ3v) is 5.89. The van der Waals surface area contributed by atoms with Crippen LogP contribution in [-0.4, -0.2) is 107 Å². The topological polar surface area (TPSA) is 114 Å². The molecular formula is C22H30F6N4O5. The Morgan fingerprint density at radius 2 is 1.38 bits per heavy atom. The molecule has 0 bridgehead atoms. The Bertz CT molecular complexity index is 864. The Morgan fingerprint density at radius 1 is 0.919 bits per heavy atom.